The molecule has 1 aromatic rings. The van der Waals surface area contributed by atoms with Crippen LogP contribution in [-0.4, -0.2) is 36.2 Å². The fourth-order valence-corrected chi connectivity index (χ4v) is 1.97. The number of nitrogens with one attached hydrogen (secondary N) is 1. The van der Waals surface area contributed by atoms with Gasteiger partial charge < -0.3 is 20.5 Å². The number of primary amides is 1. The van der Waals surface area contributed by atoms with E-state index in [1.54, 1.807) is 19.1 Å². The lowest BCUT2D eigenvalue weighted by atomic mass is 10.1. The third-order valence-corrected chi connectivity index (χ3v) is 3.54. The number of alkyl carbamates (subject to hydrolysis) is 1. The van der Waals surface area contributed by atoms with Crippen molar-refractivity contribution in [1.29, 1.82) is 0 Å². The van der Waals surface area contributed by atoms with Crippen molar-refractivity contribution in [3.8, 4) is 0 Å². The number of nitrogens with two attached hydrogens (primary N) is 1. The average molecular weight is 306 g/mol. The molecule has 1 aromatic carbocycles. The topological polar surface area (TPSA) is 111 Å². The minimum absolute atomic E-state index is 0.217. The number of hydrogen-bond donors (Lipinski definition) is 2. The van der Waals surface area contributed by atoms with Gasteiger partial charge in [-0.3, -0.25) is 4.79 Å². The van der Waals surface area contributed by atoms with Crippen LogP contribution in [0.15, 0.2) is 30.3 Å². The number of benzene rings is 1. The summed E-state index contributed by atoms with van der Waals surface area (Å²) >= 11 is 0. The van der Waals surface area contributed by atoms with Crippen molar-refractivity contribution in [2.45, 2.75) is 31.4 Å². The molecule has 22 heavy (non-hydrogen) atoms. The number of ether oxygens (including phenoxy) is 2. The van der Waals surface area contributed by atoms with Crippen LogP contribution in [0.25, 0.3) is 0 Å². The SMILES string of the molecule is CC[C@@]1(C(=O)OC(=O)NC(Cc2ccccc2)C(N)=O)CO1. The second-order valence-electron chi connectivity index (χ2n) is 5.10. The molecule has 7 nitrogen and oxygen atoms in total. The maximum absolute atomic E-state index is 11.8. The summed E-state index contributed by atoms with van der Waals surface area (Å²) in [7, 11) is 0. The molecule has 3 N–H and O–H groups in total. The zero-order valence-corrected chi connectivity index (χ0v) is 12.2. The van der Waals surface area contributed by atoms with Gasteiger partial charge in [0.25, 0.3) is 0 Å². The number of amides is 2. The van der Waals surface area contributed by atoms with E-state index >= 15 is 0 Å². The number of carbonyl (C=O) groups is 3. The summed E-state index contributed by atoms with van der Waals surface area (Å²) in [6, 6.07) is 8.11. The molecule has 7 heteroatoms. The summed E-state index contributed by atoms with van der Waals surface area (Å²) in [6.07, 6.45) is -0.370. The van der Waals surface area contributed by atoms with E-state index in [0.29, 0.717) is 6.42 Å². The lowest BCUT2D eigenvalue weighted by Gasteiger charge is -2.15. The third-order valence-electron chi connectivity index (χ3n) is 3.54. The maximum atomic E-state index is 11.8. The summed E-state index contributed by atoms with van der Waals surface area (Å²) < 4.78 is 9.68. The summed E-state index contributed by atoms with van der Waals surface area (Å²) in [4.78, 5) is 34.9. The standard InChI is InChI=1S/C15H18N2O5/c1-2-15(9-21-15)13(19)22-14(20)17-11(12(16)18)8-10-6-4-3-5-7-10/h3-7,11H,2,8-9H2,1H3,(H2,16,18)(H,17,20)/t11?,15-/m0/s1. The van der Waals surface area contributed by atoms with Crippen molar-refractivity contribution in [3.63, 3.8) is 0 Å². The monoisotopic (exact) mass is 306 g/mol. The van der Waals surface area contributed by atoms with Gasteiger partial charge in [-0.05, 0) is 12.0 Å². The van der Waals surface area contributed by atoms with E-state index in [-0.39, 0.29) is 13.0 Å². The molecule has 0 aromatic heterocycles. The first-order valence-electron chi connectivity index (χ1n) is 6.97. The first-order chi connectivity index (χ1) is 10.5. The summed E-state index contributed by atoms with van der Waals surface area (Å²) in [5.74, 6) is -1.46. The largest absolute Gasteiger partial charge is 0.415 e. The van der Waals surface area contributed by atoms with Gasteiger partial charge in [0.05, 0.1) is 6.61 Å². The van der Waals surface area contributed by atoms with Crippen LogP contribution in [0, 0.1) is 0 Å². The van der Waals surface area contributed by atoms with Crippen molar-refractivity contribution in [2.24, 2.45) is 5.73 Å². The molecule has 0 aliphatic carbocycles. The first-order valence-corrected chi connectivity index (χ1v) is 6.97. The van der Waals surface area contributed by atoms with Crippen molar-refractivity contribution in [3.05, 3.63) is 35.9 Å². The van der Waals surface area contributed by atoms with Gasteiger partial charge in [-0.1, -0.05) is 37.3 Å². The van der Waals surface area contributed by atoms with Crippen molar-refractivity contribution < 1.29 is 23.9 Å². The second kappa shape index (κ2) is 6.57. The molecule has 2 amide bonds. The van der Waals surface area contributed by atoms with Crippen LogP contribution < -0.4 is 11.1 Å². The van der Waals surface area contributed by atoms with E-state index in [1.165, 1.54) is 0 Å². The Morgan fingerprint density at radius 1 is 1.36 bits per heavy atom. The van der Waals surface area contributed by atoms with Crippen LogP contribution in [-0.2, 0) is 25.5 Å². The molecule has 1 unspecified atom stereocenters. The predicted molar refractivity (Wildman–Crippen MR) is 76.7 cm³/mol. The molecule has 2 rings (SSSR count). The van der Waals surface area contributed by atoms with Crippen LogP contribution in [0.4, 0.5) is 4.79 Å². The fraction of sp³-hybridized carbons (Fsp3) is 0.400. The predicted octanol–water partition coefficient (Wildman–Crippen LogP) is 0.515. The third kappa shape index (κ3) is 3.82. The summed E-state index contributed by atoms with van der Waals surface area (Å²) in [6.45, 7) is 1.99. The van der Waals surface area contributed by atoms with E-state index in [2.05, 4.69) is 10.1 Å². The lowest BCUT2D eigenvalue weighted by Crippen LogP contribution is -2.47. The van der Waals surface area contributed by atoms with Gasteiger partial charge >= 0.3 is 12.1 Å². The van der Waals surface area contributed by atoms with Crippen molar-refractivity contribution >= 4 is 18.0 Å². The fourth-order valence-electron chi connectivity index (χ4n) is 1.97. The highest BCUT2D eigenvalue weighted by atomic mass is 16.7. The molecule has 1 fully saturated rings. The quantitative estimate of drug-likeness (QED) is 0.452. The van der Waals surface area contributed by atoms with Gasteiger partial charge in [0.1, 0.15) is 6.04 Å². The Kier molecular flexibility index (Phi) is 4.77. The first kappa shape index (κ1) is 16.0. The van der Waals surface area contributed by atoms with E-state index in [1.807, 2.05) is 18.2 Å². The van der Waals surface area contributed by atoms with Crippen LogP contribution in [0.2, 0.25) is 0 Å². The molecule has 2 atom stereocenters. The Hall–Kier alpha value is -2.41. The summed E-state index contributed by atoms with van der Waals surface area (Å²) in [5, 5.41) is 2.31. The molecule has 1 aliphatic rings. The van der Waals surface area contributed by atoms with Gasteiger partial charge in [-0.2, -0.15) is 0 Å². The zero-order chi connectivity index (χ0) is 16.2. The zero-order valence-electron chi connectivity index (χ0n) is 12.2. The number of carbonyl (C=O) groups excluding carboxylic acids is 3. The Balaban J connectivity index is 1.92. The molecule has 0 radical (unpaired) electrons. The molecule has 0 saturated carbocycles. The normalized spacial score (nSPS) is 20.8. The Morgan fingerprint density at radius 3 is 2.50 bits per heavy atom. The van der Waals surface area contributed by atoms with E-state index < -0.39 is 29.6 Å². The van der Waals surface area contributed by atoms with Crippen LogP contribution in [0.1, 0.15) is 18.9 Å². The highest BCUT2D eigenvalue weighted by Gasteiger charge is 2.53. The molecule has 0 bridgehead atoms. The molecular formula is C15H18N2O5. The molecule has 1 heterocycles. The van der Waals surface area contributed by atoms with Crippen LogP contribution >= 0.6 is 0 Å². The van der Waals surface area contributed by atoms with Crippen LogP contribution in [0.3, 0.4) is 0 Å². The van der Waals surface area contributed by atoms with Crippen molar-refractivity contribution in [2.75, 3.05) is 6.61 Å². The minimum atomic E-state index is -1.01. The van der Waals surface area contributed by atoms with E-state index in [4.69, 9.17) is 10.5 Å². The van der Waals surface area contributed by atoms with Crippen molar-refractivity contribution in [1.82, 2.24) is 5.32 Å². The Morgan fingerprint density at radius 2 is 2.00 bits per heavy atom. The highest BCUT2D eigenvalue weighted by Crippen LogP contribution is 2.31. The number of esters is 1. The van der Waals surface area contributed by atoms with Gasteiger partial charge in [0.2, 0.25) is 5.91 Å². The van der Waals surface area contributed by atoms with Gasteiger partial charge in [-0.15, -0.1) is 0 Å². The van der Waals surface area contributed by atoms with E-state index in [9.17, 15) is 14.4 Å². The Labute approximate surface area is 127 Å². The van der Waals surface area contributed by atoms with Gasteiger partial charge in [0, 0.05) is 6.42 Å². The number of hydrogen-bond acceptors (Lipinski definition) is 5. The van der Waals surface area contributed by atoms with Crippen LogP contribution in [0.5, 0.6) is 0 Å². The van der Waals surface area contributed by atoms with Gasteiger partial charge in [-0.25, -0.2) is 9.59 Å². The molecular weight excluding hydrogens is 288 g/mol. The minimum Gasteiger partial charge on any atom is -0.374 e. The Bertz CT molecular complexity index is 569. The highest BCUT2D eigenvalue weighted by molar-refractivity contribution is 5.93. The summed E-state index contributed by atoms with van der Waals surface area (Å²) in [5.41, 5.74) is 5.08. The van der Waals surface area contributed by atoms with Gasteiger partial charge in [0.15, 0.2) is 5.60 Å². The molecule has 118 valence electrons. The maximum Gasteiger partial charge on any atom is 0.415 e. The number of epoxide rings is 1. The number of rotatable bonds is 6. The van der Waals surface area contributed by atoms with E-state index in [0.717, 1.165) is 5.56 Å². The molecule has 0 spiro atoms. The second-order valence-corrected chi connectivity index (χ2v) is 5.10. The molecule has 1 aliphatic heterocycles. The average Bonchev–Trinajstić information content (AvgIpc) is 3.28. The molecule has 1 saturated heterocycles. The smallest absolute Gasteiger partial charge is 0.374 e. The lowest BCUT2D eigenvalue weighted by molar-refractivity contribution is -0.143.